The van der Waals surface area contributed by atoms with Gasteiger partial charge in [0.2, 0.25) is 0 Å². The first-order chi connectivity index (χ1) is 10.1. The predicted molar refractivity (Wildman–Crippen MR) is 81.0 cm³/mol. The molecular weight excluding hydrogens is 336 g/mol. The summed E-state index contributed by atoms with van der Waals surface area (Å²) in [5.74, 6) is -0.0962. The van der Waals surface area contributed by atoms with Crippen molar-refractivity contribution in [3.63, 3.8) is 0 Å². The van der Waals surface area contributed by atoms with Crippen LogP contribution in [0.15, 0.2) is 30.3 Å². The Balaban J connectivity index is 2.03. The molecule has 0 amide bonds. The summed E-state index contributed by atoms with van der Waals surface area (Å²) in [6.45, 7) is 4.08. The summed E-state index contributed by atoms with van der Waals surface area (Å²) in [4.78, 5) is 12.5. The van der Waals surface area contributed by atoms with Gasteiger partial charge in [-0.15, -0.1) is 10.2 Å². The molecule has 0 N–H and O–H groups in total. The third-order valence-corrected chi connectivity index (χ3v) is 3.72. The molecule has 1 aromatic carbocycles. The molecular formula is C14H17BrN4O2. The fourth-order valence-corrected chi connectivity index (χ4v) is 2.20. The fraction of sp³-hybridized carbons (Fsp3) is 0.429. The van der Waals surface area contributed by atoms with E-state index in [9.17, 15) is 4.79 Å². The van der Waals surface area contributed by atoms with Crippen molar-refractivity contribution in [1.29, 1.82) is 0 Å². The summed E-state index contributed by atoms with van der Waals surface area (Å²) in [5, 5.41) is 12.2. The average molecular weight is 353 g/mol. The molecule has 21 heavy (non-hydrogen) atoms. The van der Waals surface area contributed by atoms with E-state index in [0.29, 0.717) is 12.4 Å². The number of nitrogens with zero attached hydrogens (tertiary/aromatic N) is 4. The molecule has 7 heteroatoms. The Labute approximate surface area is 131 Å². The number of aromatic nitrogens is 4. The van der Waals surface area contributed by atoms with Gasteiger partial charge in [-0.3, -0.25) is 4.79 Å². The number of hydrogen-bond donors (Lipinski definition) is 0. The molecule has 0 radical (unpaired) electrons. The smallest absolute Gasteiger partial charge is 0.327 e. The van der Waals surface area contributed by atoms with E-state index in [-0.39, 0.29) is 6.04 Å². The molecule has 112 valence electrons. The van der Waals surface area contributed by atoms with Crippen molar-refractivity contribution in [2.45, 2.75) is 31.1 Å². The van der Waals surface area contributed by atoms with Crippen LogP contribution in [0.5, 0.6) is 0 Å². The lowest BCUT2D eigenvalue weighted by molar-refractivity contribution is -0.142. The number of rotatable bonds is 6. The first kappa shape index (κ1) is 15.6. The highest BCUT2D eigenvalue weighted by atomic mass is 79.9. The highest BCUT2D eigenvalue weighted by Crippen LogP contribution is 2.21. The molecule has 2 rings (SSSR count). The van der Waals surface area contributed by atoms with Gasteiger partial charge in [-0.05, 0) is 31.0 Å². The van der Waals surface area contributed by atoms with Crippen LogP contribution in [0.2, 0.25) is 0 Å². The van der Waals surface area contributed by atoms with Crippen LogP contribution in [0.3, 0.4) is 0 Å². The zero-order chi connectivity index (χ0) is 15.2. The van der Waals surface area contributed by atoms with Crippen LogP contribution in [0.25, 0.3) is 0 Å². The quantitative estimate of drug-likeness (QED) is 0.589. The minimum absolute atomic E-state index is 0.0514. The molecule has 0 bridgehead atoms. The molecule has 0 spiro atoms. The Morgan fingerprint density at radius 2 is 2.10 bits per heavy atom. The van der Waals surface area contributed by atoms with E-state index < -0.39 is 10.8 Å². The summed E-state index contributed by atoms with van der Waals surface area (Å²) < 4.78 is 4.92. The molecule has 1 heterocycles. The van der Waals surface area contributed by atoms with Gasteiger partial charge in [0, 0.05) is 0 Å². The Bertz CT molecular complexity index is 588. The van der Waals surface area contributed by atoms with E-state index in [0.717, 1.165) is 6.42 Å². The molecule has 0 saturated heterocycles. The molecule has 0 saturated carbocycles. The zero-order valence-electron chi connectivity index (χ0n) is 11.9. The molecule has 0 fully saturated rings. The van der Waals surface area contributed by atoms with Crippen LogP contribution in [-0.4, -0.2) is 32.8 Å². The normalized spacial score (nSPS) is 13.7. The van der Waals surface area contributed by atoms with Crippen molar-refractivity contribution in [1.82, 2.24) is 20.2 Å². The second kappa shape index (κ2) is 7.31. The zero-order valence-corrected chi connectivity index (χ0v) is 13.5. The van der Waals surface area contributed by atoms with Gasteiger partial charge in [-0.25, -0.2) is 0 Å². The number of esters is 1. The number of carbonyl (C=O) groups excluding carboxylic acids is 1. The molecule has 2 unspecified atom stereocenters. The summed E-state index contributed by atoms with van der Waals surface area (Å²) >= 11 is 3.23. The van der Waals surface area contributed by atoms with E-state index in [1.165, 1.54) is 10.4 Å². The summed E-state index contributed by atoms with van der Waals surface area (Å²) in [5.41, 5.74) is 1.20. The molecule has 0 aliphatic heterocycles. The Kier molecular flexibility index (Phi) is 5.44. The van der Waals surface area contributed by atoms with Crippen molar-refractivity contribution in [2.24, 2.45) is 0 Å². The van der Waals surface area contributed by atoms with Crippen molar-refractivity contribution < 1.29 is 9.53 Å². The minimum atomic E-state index is -0.685. The van der Waals surface area contributed by atoms with Gasteiger partial charge in [0.25, 0.3) is 0 Å². The van der Waals surface area contributed by atoms with Gasteiger partial charge in [0.1, 0.15) is 0 Å². The minimum Gasteiger partial charge on any atom is -0.465 e. The first-order valence-corrected chi connectivity index (χ1v) is 7.67. The molecule has 0 aliphatic rings. The summed E-state index contributed by atoms with van der Waals surface area (Å²) in [6, 6.07) is 10.1. The van der Waals surface area contributed by atoms with Gasteiger partial charge >= 0.3 is 5.97 Å². The molecule has 6 nitrogen and oxygen atoms in total. The number of ether oxygens (including phenoxy) is 1. The van der Waals surface area contributed by atoms with Gasteiger partial charge < -0.3 is 4.74 Å². The molecule has 2 aromatic rings. The third kappa shape index (κ3) is 4.10. The van der Waals surface area contributed by atoms with Crippen LogP contribution in [0.4, 0.5) is 0 Å². The van der Waals surface area contributed by atoms with Crippen molar-refractivity contribution in [3.8, 4) is 0 Å². The van der Waals surface area contributed by atoms with Gasteiger partial charge in [0.05, 0.1) is 12.6 Å². The lowest BCUT2D eigenvalue weighted by Gasteiger charge is -2.09. The van der Waals surface area contributed by atoms with Crippen molar-refractivity contribution in [3.05, 3.63) is 41.7 Å². The lowest BCUT2D eigenvalue weighted by Crippen LogP contribution is -2.14. The average Bonchev–Trinajstić information content (AvgIpc) is 2.97. The highest BCUT2D eigenvalue weighted by Gasteiger charge is 2.24. The monoisotopic (exact) mass is 352 g/mol. The van der Waals surface area contributed by atoms with Crippen molar-refractivity contribution >= 4 is 21.9 Å². The number of tetrazole rings is 1. The maximum absolute atomic E-state index is 11.6. The predicted octanol–water partition coefficient (Wildman–Crippen LogP) is 2.48. The molecule has 2 atom stereocenters. The maximum Gasteiger partial charge on any atom is 0.327 e. The number of carbonyl (C=O) groups is 1. The number of benzene rings is 1. The third-order valence-electron chi connectivity index (χ3n) is 2.93. The van der Waals surface area contributed by atoms with Crippen LogP contribution in [0.1, 0.15) is 36.1 Å². The SMILES string of the molecule is CCOC(=O)C(Br)c1nnn(C(C)Cc2ccccc2)n1. The van der Waals surface area contributed by atoms with Crippen LogP contribution < -0.4 is 0 Å². The van der Waals surface area contributed by atoms with Gasteiger partial charge in [-0.2, -0.15) is 4.80 Å². The van der Waals surface area contributed by atoms with E-state index in [2.05, 4.69) is 43.5 Å². The van der Waals surface area contributed by atoms with E-state index >= 15 is 0 Å². The van der Waals surface area contributed by atoms with Gasteiger partial charge in [0.15, 0.2) is 10.7 Å². The standard InChI is InChI=1S/C14H17BrN4O2/c1-3-21-14(20)12(15)13-16-18-19(17-13)10(2)9-11-7-5-4-6-8-11/h4-8,10,12H,3,9H2,1-2H3. The van der Waals surface area contributed by atoms with Gasteiger partial charge in [-0.1, -0.05) is 46.3 Å². The largest absolute Gasteiger partial charge is 0.465 e. The maximum atomic E-state index is 11.6. The summed E-state index contributed by atoms with van der Waals surface area (Å²) in [6.07, 6.45) is 0.795. The van der Waals surface area contributed by atoms with E-state index in [1.54, 1.807) is 6.92 Å². The second-order valence-corrected chi connectivity index (χ2v) is 5.54. The van der Waals surface area contributed by atoms with E-state index in [4.69, 9.17) is 4.74 Å². The topological polar surface area (TPSA) is 69.9 Å². The van der Waals surface area contributed by atoms with Crippen LogP contribution in [-0.2, 0) is 16.0 Å². The Morgan fingerprint density at radius 3 is 2.76 bits per heavy atom. The first-order valence-electron chi connectivity index (χ1n) is 6.75. The van der Waals surface area contributed by atoms with Crippen LogP contribution >= 0.6 is 15.9 Å². The molecule has 1 aromatic heterocycles. The summed E-state index contributed by atoms with van der Waals surface area (Å²) in [7, 11) is 0. The highest BCUT2D eigenvalue weighted by molar-refractivity contribution is 9.09. The van der Waals surface area contributed by atoms with E-state index in [1.807, 2.05) is 25.1 Å². The number of alkyl halides is 1. The number of hydrogen-bond acceptors (Lipinski definition) is 5. The number of halogens is 1. The Morgan fingerprint density at radius 1 is 1.38 bits per heavy atom. The Hall–Kier alpha value is -1.76. The lowest BCUT2D eigenvalue weighted by atomic mass is 10.1. The second-order valence-electron chi connectivity index (χ2n) is 4.62. The van der Waals surface area contributed by atoms with Crippen molar-refractivity contribution in [2.75, 3.05) is 6.61 Å². The molecule has 0 aliphatic carbocycles. The fourth-order valence-electron chi connectivity index (χ4n) is 1.88. The van der Waals surface area contributed by atoms with Crippen LogP contribution in [0, 0.1) is 0 Å².